The molecule has 6 heteroatoms. The van der Waals surface area contributed by atoms with Crippen molar-refractivity contribution in [3.8, 4) is 0 Å². The third kappa shape index (κ3) is 2.50. The van der Waals surface area contributed by atoms with Crippen LogP contribution in [0.5, 0.6) is 0 Å². The lowest BCUT2D eigenvalue weighted by atomic mass is 10.2. The molecule has 0 spiro atoms. The Bertz CT molecular complexity index is 382. The summed E-state index contributed by atoms with van der Waals surface area (Å²) in [6, 6.07) is 2.20. The Kier molecular flexibility index (Phi) is 4.05. The summed E-state index contributed by atoms with van der Waals surface area (Å²) in [6.07, 6.45) is 1.04. The Hall–Kier alpha value is 0.0900. The number of carbonyl (C=O) groups is 1. The molecule has 1 atom stereocenters. The Labute approximate surface area is 115 Å². The van der Waals surface area contributed by atoms with Gasteiger partial charge in [0.1, 0.15) is 0 Å². The van der Waals surface area contributed by atoms with Crippen LogP contribution in [-0.4, -0.2) is 37.0 Å². The van der Waals surface area contributed by atoms with Crippen molar-refractivity contribution in [2.45, 2.75) is 12.5 Å². The Balaban J connectivity index is 2.11. The Morgan fingerprint density at radius 3 is 2.88 bits per heavy atom. The average Bonchev–Trinajstić information content (AvgIpc) is 2.87. The van der Waals surface area contributed by atoms with Gasteiger partial charge in [-0.05, 0) is 50.9 Å². The lowest BCUT2D eigenvalue weighted by Crippen LogP contribution is -2.37. The van der Waals surface area contributed by atoms with E-state index in [1.54, 1.807) is 0 Å². The summed E-state index contributed by atoms with van der Waals surface area (Å²) in [7, 11) is 1.88. The van der Waals surface area contributed by atoms with Gasteiger partial charge in [-0.2, -0.15) is 0 Å². The number of nitrogens with one attached hydrogen (secondary N) is 1. The molecule has 0 bridgehead atoms. The van der Waals surface area contributed by atoms with Crippen LogP contribution in [0.25, 0.3) is 0 Å². The van der Waals surface area contributed by atoms with E-state index in [2.05, 4.69) is 37.2 Å². The minimum atomic E-state index is 0.102. The number of nitrogens with zero attached hydrogens (tertiary/aromatic N) is 1. The smallest absolute Gasteiger partial charge is 0.264 e. The van der Waals surface area contributed by atoms with Gasteiger partial charge >= 0.3 is 0 Å². The fraction of sp³-hybridized carbons (Fsp3) is 0.500. The van der Waals surface area contributed by atoms with E-state index in [4.69, 9.17) is 0 Å². The van der Waals surface area contributed by atoms with E-state index in [9.17, 15) is 4.79 Å². The van der Waals surface area contributed by atoms with Crippen molar-refractivity contribution in [3.63, 3.8) is 0 Å². The molecule has 0 aromatic carbocycles. The molecule has 0 aliphatic carbocycles. The highest BCUT2D eigenvalue weighted by Gasteiger charge is 2.25. The quantitative estimate of drug-likeness (QED) is 0.871. The largest absolute Gasteiger partial charge is 0.337 e. The normalized spacial score (nSPS) is 20.1. The molecule has 1 aliphatic heterocycles. The summed E-state index contributed by atoms with van der Waals surface area (Å²) in [5, 5.41) is 3.27. The lowest BCUT2D eigenvalue weighted by Gasteiger charge is -2.22. The van der Waals surface area contributed by atoms with E-state index in [0.717, 1.165) is 32.6 Å². The van der Waals surface area contributed by atoms with Crippen LogP contribution >= 0.6 is 43.2 Å². The summed E-state index contributed by atoms with van der Waals surface area (Å²) >= 11 is 8.27. The minimum Gasteiger partial charge on any atom is -0.337 e. The number of amides is 1. The molecule has 1 amide bonds. The van der Waals surface area contributed by atoms with Crippen LogP contribution in [0.15, 0.2) is 14.3 Å². The molecule has 0 saturated carbocycles. The monoisotopic (exact) mass is 366 g/mol. The second-order valence-electron chi connectivity index (χ2n) is 3.79. The van der Waals surface area contributed by atoms with Crippen LogP contribution in [0.2, 0.25) is 0 Å². The number of rotatable bonds is 2. The average molecular weight is 368 g/mol. The first-order chi connectivity index (χ1) is 7.59. The van der Waals surface area contributed by atoms with E-state index >= 15 is 0 Å². The predicted molar refractivity (Wildman–Crippen MR) is 73.1 cm³/mol. The highest BCUT2D eigenvalue weighted by molar-refractivity contribution is 9.13. The van der Waals surface area contributed by atoms with E-state index < -0.39 is 0 Å². The van der Waals surface area contributed by atoms with Gasteiger partial charge in [-0.1, -0.05) is 0 Å². The number of halogens is 2. The highest BCUT2D eigenvalue weighted by Crippen LogP contribution is 2.33. The van der Waals surface area contributed by atoms with Crippen molar-refractivity contribution in [2.75, 3.05) is 20.1 Å². The van der Waals surface area contributed by atoms with Gasteiger partial charge in [-0.15, -0.1) is 11.3 Å². The van der Waals surface area contributed by atoms with Gasteiger partial charge in [-0.3, -0.25) is 4.79 Å². The van der Waals surface area contributed by atoms with E-state index in [0.29, 0.717) is 6.04 Å². The zero-order valence-electron chi connectivity index (χ0n) is 8.80. The van der Waals surface area contributed by atoms with Crippen molar-refractivity contribution in [2.24, 2.45) is 0 Å². The molecular formula is C10H12Br2N2OS. The second kappa shape index (κ2) is 5.16. The maximum Gasteiger partial charge on any atom is 0.264 e. The molecule has 2 rings (SSSR count). The maximum absolute atomic E-state index is 12.2. The highest BCUT2D eigenvalue weighted by atomic mass is 79.9. The Morgan fingerprint density at radius 1 is 1.62 bits per heavy atom. The third-order valence-corrected chi connectivity index (χ3v) is 6.00. The third-order valence-electron chi connectivity index (χ3n) is 2.76. The number of thiophene rings is 1. The summed E-state index contributed by atoms with van der Waals surface area (Å²) in [5.41, 5.74) is 0. The standard InChI is InChI=1S/C10H12Br2N2OS/c1-14(6-2-3-13-5-6)10(15)8-4-7(11)9(12)16-8/h4,6,13H,2-3,5H2,1H3. The molecule has 16 heavy (non-hydrogen) atoms. The topological polar surface area (TPSA) is 32.3 Å². The van der Waals surface area contributed by atoms with Gasteiger partial charge in [0.05, 0.1) is 8.66 Å². The fourth-order valence-corrected chi connectivity index (χ4v) is 3.78. The van der Waals surface area contributed by atoms with Gasteiger partial charge < -0.3 is 10.2 Å². The predicted octanol–water partition coefficient (Wildman–Crippen LogP) is 2.71. The van der Waals surface area contributed by atoms with E-state index in [1.807, 2.05) is 18.0 Å². The summed E-state index contributed by atoms with van der Waals surface area (Å²) < 4.78 is 1.91. The first-order valence-corrected chi connectivity index (χ1v) is 7.42. The van der Waals surface area contributed by atoms with Crippen LogP contribution in [0, 0.1) is 0 Å². The van der Waals surface area contributed by atoms with Crippen molar-refractivity contribution >= 4 is 49.1 Å². The molecule has 1 aromatic heterocycles. The van der Waals surface area contributed by atoms with Gasteiger partial charge in [-0.25, -0.2) is 0 Å². The van der Waals surface area contributed by atoms with E-state index in [-0.39, 0.29) is 5.91 Å². The SMILES string of the molecule is CN(C(=O)c1cc(Br)c(Br)s1)C1CCNC1. The molecule has 1 saturated heterocycles. The van der Waals surface area contributed by atoms with E-state index in [1.165, 1.54) is 11.3 Å². The molecule has 3 nitrogen and oxygen atoms in total. The zero-order valence-corrected chi connectivity index (χ0v) is 12.8. The number of hydrogen-bond donors (Lipinski definition) is 1. The van der Waals surface area contributed by atoms with Gasteiger partial charge in [0.2, 0.25) is 0 Å². The first kappa shape index (κ1) is 12.5. The van der Waals surface area contributed by atoms with Crippen molar-refractivity contribution in [1.29, 1.82) is 0 Å². The number of hydrogen-bond acceptors (Lipinski definition) is 3. The molecule has 1 N–H and O–H groups in total. The molecule has 1 unspecified atom stereocenters. The van der Waals surface area contributed by atoms with Crippen LogP contribution in [0.3, 0.4) is 0 Å². The first-order valence-electron chi connectivity index (χ1n) is 5.02. The summed E-state index contributed by atoms with van der Waals surface area (Å²) in [5.74, 6) is 0.102. The molecule has 1 aromatic rings. The number of likely N-dealkylation sites (N-methyl/N-ethyl adjacent to an activating group) is 1. The second-order valence-corrected chi connectivity index (χ2v) is 7.02. The Morgan fingerprint density at radius 2 is 2.38 bits per heavy atom. The van der Waals surface area contributed by atoms with Crippen LogP contribution in [0.1, 0.15) is 16.1 Å². The minimum absolute atomic E-state index is 0.102. The molecule has 1 fully saturated rings. The van der Waals surface area contributed by atoms with Crippen LogP contribution < -0.4 is 5.32 Å². The lowest BCUT2D eigenvalue weighted by molar-refractivity contribution is 0.0748. The molecule has 1 aliphatic rings. The number of carbonyl (C=O) groups excluding carboxylic acids is 1. The summed E-state index contributed by atoms with van der Waals surface area (Å²) in [6.45, 7) is 1.90. The molecule has 88 valence electrons. The maximum atomic E-state index is 12.2. The molecule has 2 heterocycles. The van der Waals surface area contributed by atoms with Gasteiger partial charge in [0.15, 0.2) is 0 Å². The van der Waals surface area contributed by atoms with Crippen LogP contribution in [0.4, 0.5) is 0 Å². The van der Waals surface area contributed by atoms with Crippen molar-refractivity contribution < 1.29 is 4.79 Å². The van der Waals surface area contributed by atoms with Gasteiger partial charge in [0.25, 0.3) is 5.91 Å². The molecular weight excluding hydrogens is 356 g/mol. The fourth-order valence-electron chi connectivity index (χ4n) is 1.76. The molecule has 0 radical (unpaired) electrons. The van der Waals surface area contributed by atoms with Gasteiger partial charge in [0, 0.05) is 24.1 Å². The van der Waals surface area contributed by atoms with Crippen molar-refractivity contribution in [1.82, 2.24) is 10.2 Å². The van der Waals surface area contributed by atoms with Crippen LogP contribution in [-0.2, 0) is 0 Å². The van der Waals surface area contributed by atoms with Crippen molar-refractivity contribution in [3.05, 3.63) is 19.2 Å². The zero-order chi connectivity index (χ0) is 11.7. The summed E-state index contributed by atoms with van der Waals surface area (Å²) in [4.78, 5) is 14.8.